The summed E-state index contributed by atoms with van der Waals surface area (Å²) in [6, 6.07) is 12.9. The quantitative estimate of drug-likeness (QED) is 0.913. The highest BCUT2D eigenvalue weighted by Crippen LogP contribution is 2.27. The molecule has 2 aromatic rings. The summed E-state index contributed by atoms with van der Waals surface area (Å²) in [6.07, 6.45) is 4.27. The molecule has 0 saturated heterocycles. The van der Waals surface area contributed by atoms with E-state index in [1.165, 1.54) is 29.7 Å². The average Bonchev–Trinajstić information content (AvgIpc) is 2.48. The minimum Gasteiger partial charge on any atom is -0.367 e. The molecule has 2 N–H and O–H groups in total. The number of pyridine rings is 1. The van der Waals surface area contributed by atoms with Gasteiger partial charge in [0.05, 0.1) is 5.69 Å². The molecule has 98 valence electrons. The van der Waals surface area contributed by atoms with Crippen LogP contribution in [0, 0.1) is 0 Å². The molecular formula is C16H19N3. The Morgan fingerprint density at radius 2 is 2.11 bits per heavy atom. The van der Waals surface area contributed by atoms with E-state index in [4.69, 9.17) is 5.73 Å². The molecule has 1 aliphatic heterocycles. The van der Waals surface area contributed by atoms with Crippen molar-refractivity contribution in [2.24, 2.45) is 5.73 Å². The lowest BCUT2D eigenvalue weighted by molar-refractivity contribution is 0.690. The van der Waals surface area contributed by atoms with Gasteiger partial charge in [-0.3, -0.25) is 4.98 Å². The zero-order valence-corrected chi connectivity index (χ0v) is 11.0. The Morgan fingerprint density at radius 3 is 3.00 bits per heavy atom. The number of rotatable bonds is 3. The molecule has 0 aliphatic carbocycles. The van der Waals surface area contributed by atoms with Crippen LogP contribution in [0.1, 0.15) is 23.2 Å². The number of hydrogen-bond acceptors (Lipinski definition) is 3. The van der Waals surface area contributed by atoms with E-state index >= 15 is 0 Å². The number of hydrogen-bond donors (Lipinski definition) is 1. The molecule has 0 fully saturated rings. The van der Waals surface area contributed by atoms with Crippen molar-refractivity contribution in [3.05, 3.63) is 59.4 Å². The van der Waals surface area contributed by atoms with Crippen LogP contribution < -0.4 is 10.6 Å². The van der Waals surface area contributed by atoms with Gasteiger partial charge in [-0.1, -0.05) is 18.2 Å². The van der Waals surface area contributed by atoms with Crippen LogP contribution in [0.15, 0.2) is 42.6 Å². The minimum atomic E-state index is 0.504. The van der Waals surface area contributed by atoms with Crippen molar-refractivity contribution in [3.63, 3.8) is 0 Å². The van der Waals surface area contributed by atoms with E-state index in [1.807, 2.05) is 6.20 Å². The van der Waals surface area contributed by atoms with Crippen LogP contribution in [0.4, 0.5) is 5.69 Å². The van der Waals surface area contributed by atoms with Gasteiger partial charge in [0, 0.05) is 31.5 Å². The zero-order chi connectivity index (χ0) is 13.1. The molecule has 0 spiro atoms. The molecular weight excluding hydrogens is 234 g/mol. The predicted octanol–water partition coefficient (Wildman–Crippen LogP) is 2.49. The predicted molar refractivity (Wildman–Crippen MR) is 77.9 cm³/mol. The van der Waals surface area contributed by atoms with Gasteiger partial charge in [0.15, 0.2) is 0 Å². The number of fused-ring (bicyclic) bond motifs is 1. The van der Waals surface area contributed by atoms with Crippen molar-refractivity contribution in [2.45, 2.75) is 25.9 Å². The highest BCUT2D eigenvalue weighted by molar-refractivity contribution is 5.55. The molecule has 0 atom stereocenters. The summed E-state index contributed by atoms with van der Waals surface area (Å²) in [5, 5.41) is 0. The molecule has 1 aromatic heterocycles. The third-order valence-electron chi connectivity index (χ3n) is 3.67. The summed E-state index contributed by atoms with van der Waals surface area (Å²) < 4.78 is 0. The van der Waals surface area contributed by atoms with Crippen molar-refractivity contribution < 1.29 is 0 Å². The van der Waals surface area contributed by atoms with E-state index in [0.29, 0.717) is 6.54 Å². The molecule has 0 unspecified atom stereocenters. The van der Waals surface area contributed by atoms with E-state index in [1.54, 1.807) is 0 Å². The van der Waals surface area contributed by atoms with Gasteiger partial charge in [-0.05, 0) is 42.2 Å². The van der Waals surface area contributed by atoms with Gasteiger partial charge in [-0.2, -0.15) is 0 Å². The van der Waals surface area contributed by atoms with Gasteiger partial charge in [0.25, 0.3) is 0 Å². The molecule has 1 aliphatic rings. The number of aromatic nitrogens is 1. The summed E-state index contributed by atoms with van der Waals surface area (Å²) in [7, 11) is 0. The fourth-order valence-corrected chi connectivity index (χ4v) is 2.73. The maximum absolute atomic E-state index is 5.65. The van der Waals surface area contributed by atoms with E-state index in [2.05, 4.69) is 46.3 Å². The van der Waals surface area contributed by atoms with Crippen LogP contribution in [-0.2, 0) is 19.5 Å². The average molecular weight is 253 g/mol. The van der Waals surface area contributed by atoms with Crippen molar-refractivity contribution in [1.82, 2.24) is 4.98 Å². The van der Waals surface area contributed by atoms with Crippen molar-refractivity contribution in [3.8, 4) is 0 Å². The fourth-order valence-electron chi connectivity index (χ4n) is 2.73. The molecule has 0 bridgehead atoms. The second kappa shape index (κ2) is 5.41. The van der Waals surface area contributed by atoms with Crippen LogP contribution in [-0.4, -0.2) is 11.5 Å². The van der Waals surface area contributed by atoms with Crippen LogP contribution >= 0.6 is 0 Å². The number of nitrogens with two attached hydrogens (primary N) is 1. The number of anilines is 1. The van der Waals surface area contributed by atoms with Gasteiger partial charge >= 0.3 is 0 Å². The summed E-state index contributed by atoms with van der Waals surface area (Å²) in [5.41, 5.74) is 10.7. The van der Waals surface area contributed by atoms with Gasteiger partial charge in [-0.15, -0.1) is 0 Å². The van der Waals surface area contributed by atoms with Crippen LogP contribution in [0.3, 0.4) is 0 Å². The van der Waals surface area contributed by atoms with Crippen LogP contribution in [0.25, 0.3) is 0 Å². The van der Waals surface area contributed by atoms with Gasteiger partial charge in [-0.25, -0.2) is 0 Å². The van der Waals surface area contributed by atoms with Crippen LogP contribution in [0.2, 0.25) is 0 Å². The summed E-state index contributed by atoms with van der Waals surface area (Å²) in [6.45, 7) is 2.56. The normalized spacial score (nSPS) is 14.3. The van der Waals surface area contributed by atoms with Crippen LogP contribution in [0.5, 0.6) is 0 Å². The number of nitrogens with zero attached hydrogens (tertiary/aromatic N) is 2. The lowest BCUT2D eigenvalue weighted by Gasteiger charge is -2.31. The minimum absolute atomic E-state index is 0.504. The second-order valence-electron chi connectivity index (χ2n) is 5.01. The molecule has 3 rings (SSSR count). The maximum Gasteiger partial charge on any atom is 0.0542 e. The van der Waals surface area contributed by atoms with E-state index in [-0.39, 0.29) is 0 Å². The van der Waals surface area contributed by atoms with E-state index < -0.39 is 0 Å². The van der Waals surface area contributed by atoms with Crippen molar-refractivity contribution in [1.29, 1.82) is 0 Å². The molecule has 3 heteroatoms. The zero-order valence-electron chi connectivity index (χ0n) is 11.0. The second-order valence-corrected chi connectivity index (χ2v) is 5.01. The molecule has 3 nitrogen and oxygen atoms in total. The van der Waals surface area contributed by atoms with Crippen molar-refractivity contribution in [2.75, 3.05) is 11.4 Å². The lowest BCUT2D eigenvalue weighted by Crippen LogP contribution is -2.28. The molecule has 19 heavy (non-hydrogen) atoms. The number of aryl methyl sites for hydroxylation is 1. The standard InChI is InChI=1S/C16H19N3/c17-11-15-10-13(7-8-18-15)12-19-9-3-5-14-4-1-2-6-16(14)19/h1-2,4,6-8,10H,3,5,9,11-12,17H2. The summed E-state index contributed by atoms with van der Waals surface area (Å²) >= 11 is 0. The molecule has 0 saturated carbocycles. The Balaban J connectivity index is 1.84. The van der Waals surface area contributed by atoms with E-state index in [9.17, 15) is 0 Å². The Labute approximate surface area is 114 Å². The van der Waals surface area contributed by atoms with Gasteiger partial charge in [0.1, 0.15) is 0 Å². The molecule has 1 aromatic carbocycles. The van der Waals surface area contributed by atoms with Gasteiger partial charge < -0.3 is 10.6 Å². The SMILES string of the molecule is NCc1cc(CN2CCCc3ccccc32)ccn1. The monoisotopic (exact) mass is 253 g/mol. The largest absolute Gasteiger partial charge is 0.367 e. The third-order valence-corrected chi connectivity index (χ3v) is 3.67. The summed E-state index contributed by atoms with van der Waals surface area (Å²) in [5.74, 6) is 0. The van der Waals surface area contributed by atoms with Gasteiger partial charge in [0.2, 0.25) is 0 Å². The molecule has 0 radical (unpaired) electrons. The van der Waals surface area contributed by atoms with Crippen molar-refractivity contribution >= 4 is 5.69 Å². The highest BCUT2D eigenvalue weighted by atomic mass is 15.1. The Hall–Kier alpha value is -1.87. The fraction of sp³-hybridized carbons (Fsp3) is 0.312. The number of benzene rings is 1. The lowest BCUT2D eigenvalue weighted by atomic mass is 10.0. The molecule has 0 amide bonds. The molecule has 2 heterocycles. The third kappa shape index (κ3) is 2.61. The van der Waals surface area contributed by atoms with E-state index in [0.717, 1.165) is 18.8 Å². The first-order chi connectivity index (χ1) is 9.36. The number of para-hydroxylation sites is 1. The smallest absolute Gasteiger partial charge is 0.0542 e. The highest BCUT2D eigenvalue weighted by Gasteiger charge is 2.16. The Bertz CT molecular complexity index is 565. The first kappa shape index (κ1) is 12.2. The first-order valence-electron chi connectivity index (χ1n) is 6.83. The first-order valence-corrected chi connectivity index (χ1v) is 6.83. The Kier molecular flexibility index (Phi) is 3.47. The Morgan fingerprint density at radius 1 is 1.21 bits per heavy atom. The topological polar surface area (TPSA) is 42.1 Å². The maximum atomic E-state index is 5.65. The summed E-state index contributed by atoms with van der Waals surface area (Å²) in [4.78, 5) is 6.70.